The predicted molar refractivity (Wildman–Crippen MR) is 90.3 cm³/mol. The highest BCUT2D eigenvalue weighted by Gasteiger charge is 2.37. The minimum absolute atomic E-state index is 0.111. The van der Waals surface area contributed by atoms with Crippen molar-refractivity contribution in [2.75, 3.05) is 33.3 Å². The maximum absolute atomic E-state index is 13.1. The van der Waals surface area contributed by atoms with E-state index >= 15 is 0 Å². The number of rotatable bonds is 5. The molecule has 1 aromatic rings. The van der Waals surface area contributed by atoms with Crippen molar-refractivity contribution in [3.8, 4) is 5.75 Å². The summed E-state index contributed by atoms with van der Waals surface area (Å²) in [5, 5.41) is 0. The zero-order valence-corrected chi connectivity index (χ0v) is 14.8. The van der Waals surface area contributed by atoms with Crippen LogP contribution in [0, 0.1) is 6.92 Å². The summed E-state index contributed by atoms with van der Waals surface area (Å²) >= 11 is 0. The maximum Gasteiger partial charge on any atom is 0.243 e. The number of sulfonamides is 1. The van der Waals surface area contributed by atoms with E-state index in [1.54, 1.807) is 29.6 Å². The van der Waals surface area contributed by atoms with Gasteiger partial charge in [0.1, 0.15) is 5.75 Å². The van der Waals surface area contributed by atoms with Crippen LogP contribution >= 0.6 is 0 Å². The lowest BCUT2D eigenvalue weighted by Gasteiger charge is -2.28. The third kappa shape index (κ3) is 3.39. The van der Waals surface area contributed by atoms with Gasteiger partial charge in [0, 0.05) is 19.1 Å². The van der Waals surface area contributed by atoms with E-state index in [-0.39, 0.29) is 6.04 Å². The standard InChI is InChI=1S/C17H26N2O3S/c1-14-12-16(22-2)7-8-17(14)23(20,21)19-11-5-6-15(19)13-18-9-3-4-10-18/h7-8,12,15H,3-6,9-11,13H2,1-2H3. The summed E-state index contributed by atoms with van der Waals surface area (Å²) in [5.41, 5.74) is 0.746. The van der Waals surface area contributed by atoms with Crippen LogP contribution < -0.4 is 4.74 Å². The molecule has 128 valence electrons. The molecule has 1 aromatic carbocycles. The molecule has 0 aliphatic carbocycles. The van der Waals surface area contributed by atoms with E-state index in [2.05, 4.69) is 4.90 Å². The monoisotopic (exact) mass is 338 g/mol. The Bertz CT molecular complexity index is 654. The second-order valence-corrected chi connectivity index (χ2v) is 8.41. The zero-order chi connectivity index (χ0) is 16.4. The summed E-state index contributed by atoms with van der Waals surface area (Å²) in [4.78, 5) is 2.81. The highest BCUT2D eigenvalue weighted by Crippen LogP contribution is 2.30. The molecular weight excluding hydrogens is 312 g/mol. The molecule has 6 heteroatoms. The molecule has 0 amide bonds. The van der Waals surface area contributed by atoms with Crippen molar-refractivity contribution in [3.63, 3.8) is 0 Å². The fourth-order valence-corrected chi connectivity index (χ4v) is 5.63. The van der Waals surface area contributed by atoms with Crippen LogP contribution in [0.2, 0.25) is 0 Å². The molecule has 0 spiro atoms. The van der Waals surface area contributed by atoms with E-state index < -0.39 is 10.0 Å². The van der Waals surface area contributed by atoms with Crippen LogP contribution in [0.4, 0.5) is 0 Å². The van der Waals surface area contributed by atoms with Gasteiger partial charge in [-0.2, -0.15) is 4.31 Å². The first kappa shape index (κ1) is 16.7. The van der Waals surface area contributed by atoms with Crippen molar-refractivity contribution in [1.29, 1.82) is 0 Å². The smallest absolute Gasteiger partial charge is 0.243 e. The van der Waals surface area contributed by atoms with Crippen molar-refractivity contribution >= 4 is 10.0 Å². The molecule has 2 saturated heterocycles. The number of nitrogens with zero attached hydrogens (tertiary/aromatic N) is 2. The van der Waals surface area contributed by atoms with E-state index in [4.69, 9.17) is 4.74 Å². The normalized spacial score (nSPS) is 23.5. The third-order valence-corrected chi connectivity index (χ3v) is 7.07. The van der Waals surface area contributed by atoms with E-state index in [0.29, 0.717) is 17.2 Å². The molecular formula is C17H26N2O3S. The topological polar surface area (TPSA) is 49.9 Å². The molecule has 1 unspecified atom stereocenters. The Balaban J connectivity index is 1.82. The van der Waals surface area contributed by atoms with Crippen molar-refractivity contribution in [1.82, 2.24) is 9.21 Å². The van der Waals surface area contributed by atoms with Crippen molar-refractivity contribution in [3.05, 3.63) is 23.8 Å². The Hall–Kier alpha value is -1.11. The summed E-state index contributed by atoms with van der Waals surface area (Å²) in [5.74, 6) is 0.691. The molecule has 3 rings (SSSR count). The minimum atomic E-state index is -3.43. The van der Waals surface area contributed by atoms with Gasteiger partial charge >= 0.3 is 0 Å². The van der Waals surface area contributed by atoms with Crippen LogP contribution in [0.15, 0.2) is 23.1 Å². The Morgan fingerprint density at radius 2 is 1.91 bits per heavy atom. The summed E-state index contributed by atoms with van der Waals surface area (Å²) < 4.78 is 33.1. The number of hydrogen-bond acceptors (Lipinski definition) is 4. The van der Waals surface area contributed by atoms with E-state index in [1.165, 1.54) is 12.8 Å². The first-order valence-corrected chi connectivity index (χ1v) is 9.85. The second kappa shape index (κ2) is 6.79. The fraction of sp³-hybridized carbons (Fsp3) is 0.647. The average molecular weight is 338 g/mol. The van der Waals surface area contributed by atoms with Gasteiger partial charge in [0.05, 0.1) is 12.0 Å². The van der Waals surface area contributed by atoms with Gasteiger partial charge in [0.2, 0.25) is 10.0 Å². The van der Waals surface area contributed by atoms with Crippen LogP contribution in [-0.4, -0.2) is 57.0 Å². The second-order valence-electron chi connectivity index (χ2n) is 6.55. The molecule has 0 radical (unpaired) electrons. The van der Waals surface area contributed by atoms with E-state index in [0.717, 1.165) is 38.0 Å². The Kier molecular flexibility index (Phi) is 4.94. The molecule has 0 bridgehead atoms. The minimum Gasteiger partial charge on any atom is -0.497 e. The molecule has 5 nitrogen and oxygen atoms in total. The molecule has 2 heterocycles. The van der Waals surface area contributed by atoms with Gasteiger partial charge in [-0.15, -0.1) is 0 Å². The number of likely N-dealkylation sites (tertiary alicyclic amines) is 1. The van der Waals surface area contributed by atoms with Crippen LogP contribution in [0.5, 0.6) is 5.75 Å². The van der Waals surface area contributed by atoms with Gasteiger partial charge in [-0.05, 0) is 69.5 Å². The Morgan fingerprint density at radius 3 is 2.57 bits per heavy atom. The highest BCUT2D eigenvalue weighted by atomic mass is 32.2. The highest BCUT2D eigenvalue weighted by molar-refractivity contribution is 7.89. The molecule has 2 aliphatic heterocycles. The van der Waals surface area contributed by atoms with Crippen LogP contribution in [0.3, 0.4) is 0 Å². The molecule has 0 N–H and O–H groups in total. The number of methoxy groups -OCH3 is 1. The van der Waals surface area contributed by atoms with Crippen LogP contribution in [0.1, 0.15) is 31.2 Å². The first-order valence-electron chi connectivity index (χ1n) is 8.41. The fourth-order valence-electron chi connectivity index (χ4n) is 3.74. The Morgan fingerprint density at radius 1 is 1.17 bits per heavy atom. The third-order valence-electron chi connectivity index (χ3n) is 4.96. The van der Waals surface area contributed by atoms with Gasteiger partial charge in [-0.3, -0.25) is 0 Å². The lowest BCUT2D eigenvalue weighted by molar-refractivity contribution is 0.257. The summed E-state index contributed by atoms with van der Waals surface area (Å²) in [6.45, 7) is 5.54. The quantitative estimate of drug-likeness (QED) is 0.826. The zero-order valence-electron chi connectivity index (χ0n) is 14.0. The lowest BCUT2D eigenvalue weighted by atomic mass is 10.2. The van der Waals surface area contributed by atoms with Gasteiger partial charge in [0.15, 0.2) is 0 Å². The maximum atomic E-state index is 13.1. The van der Waals surface area contributed by atoms with Gasteiger partial charge in [0.25, 0.3) is 0 Å². The van der Waals surface area contributed by atoms with Gasteiger partial charge < -0.3 is 9.64 Å². The molecule has 0 saturated carbocycles. The van der Waals surface area contributed by atoms with Crippen molar-refractivity contribution < 1.29 is 13.2 Å². The molecule has 2 aliphatic rings. The van der Waals surface area contributed by atoms with E-state index in [9.17, 15) is 8.42 Å². The van der Waals surface area contributed by atoms with E-state index in [1.807, 2.05) is 6.92 Å². The largest absolute Gasteiger partial charge is 0.497 e. The average Bonchev–Trinajstić information content (AvgIpc) is 3.19. The van der Waals surface area contributed by atoms with Crippen LogP contribution in [-0.2, 0) is 10.0 Å². The first-order chi connectivity index (χ1) is 11.0. The van der Waals surface area contributed by atoms with Gasteiger partial charge in [-0.1, -0.05) is 0 Å². The van der Waals surface area contributed by atoms with Crippen LogP contribution in [0.25, 0.3) is 0 Å². The molecule has 0 aromatic heterocycles. The van der Waals surface area contributed by atoms with Gasteiger partial charge in [-0.25, -0.2) is 8.42 Å². The lowest BCUT2D eigenvalue weighted by Crippen LogP contribution is -2.42. The number of ether oxygens (including phenoxy) is 1. The summed E-state index contributed by atoms with van der Waals surface area (Å²) in [6.07, 6.45) is 4.38. The Labute approximate surface area is 139 Å². The summed E-state index contributed by atoms with van der Waals surface area (Å²) in [7, 11) is -1.84. The molecule has 2 fully saturated rings. The molecule has 23 heavy (non-hydrogen) atoms. The number of hydrogen-bond donors (Lipinski definition) is 0. The summed E-state index contributed by atoms with van der Waals surface area (Å²) in [6, 6.07) is 5.30. The van der Waals surface area contributed by atoms with Crippen molar-refractivity contribution in [2.45, 2.75) is 43.5 Å². The predicted octanol–water partition coefficient (Wildman–Crippen LogP) is 2.25. The van der Waals surface area contributed by atoms with Crippen molar-refractivity contribution in [2.24, 2.45) is 0 Å². The SMILES string of the molecule is COc1ccc(S(=O)(=O)N2CCCC2CN2CCCC2)c(C)c1. The molecule has 1 atom stereocenters. The number of benzene rings is 1. The number of aryl methyl sites for hydroxylation is 1.